The van der Waals surface area contributed by atoms with E-state index in [0.717, 1.165) is 32.4 Å². The summed E-state index contributed by atoms with van der Waals surface area (Å²) in [5, 5.41) is 10.1. The summed E-state index contributed by atoms with van der Waals surface area (Å²) in [4.78, 5) is 11.8. The third-order valence-corrected chi connectivity index (χ3v) is 3.30. The Kier molecular flexibility index (Phi) is 5.35. The lowest BCUT2D eigenvalue weighted by atomic mass is 10.1. The molecule has 0 saturated carbocycles. The van der Waals surface area contributed by atoms with Crippen molar-refractivity contribution >= 4 is 5.91 Å². The Balaban J connectivity index is 1.56. The van der Waals surface area contributed by atoms with Crippen LogP contribution in [0.2, 0.25) is 0 Å². The number of carbonyl (C=O) groups is 1. The lowest BCUT2D eigenvalue weighted by Gasteiger charge is -2.22. The molecule has 6 heteroatoms. The molecule has 1 saturated heterocycles. The number of rotatable bonds is 6. The first-order valence-electron chi connectivity index (χ1n) is 6.86. The van der Waals surface area contributed by atoms with E-state index < -0.39 is 0 Å². The Morgan fingerprint density at radius 2 is 2.37 bits per heavy atom. The lowest BCUT2D eigenvalue weighted by molar-refractivity contribution is 0.0317. The van der Waals surface area contributed by atoms with Crippen LogP contribution in [0.4, 0.5) is 0 Å². The van der Waals surface area contributed by atoms with Crippen molar-refractivity contribution in [2.45, 2.75) is 25.4 Å². The summed E-state index contributed by atoms with van der Waals surface area (Å²) >= 11 is 0. The summed E-state index contributed by atoms with van der Waals surface area (Å²) in [5.74, 6) is -0.0816. The monoisotopic (exact) mass is 266 g/mol. The molecule has 0 aromatic carbocycles. The summed E-state index contributed by atoms with van der Waals surface area (Å²) in [6, 6.07) is 1.71. The second-order valence-electron chi connectivity index (χ2n) is 4.77. The number of aryl methyl sites for hydroxylation is 1. The number of aromatic nitrogens is 2. The Hall–Kier alpha value is -1.40. The van der Waals surface area contributed by atoms with Gasteiger partial charge in [-0.1, -0.05) is 0 Å². The maximum atomic E-state index is 11.8. The maximum Gasteiger partial charge on any atom is 0.269 e. The Labute approximate surface area is 113 Å². The van der Waals surface area contributed by atoms with Gasteiger partial charge < -0.3 is 15.4 Å². The number of piperidine rings is 1. The van der Waals surface area contributed by atoms with Crippen LogP contribution < -0.4 is 10.6 Å². The van der Waals surface area contributed by atoms with Gasteiger partial charge in [-0.2, -0.15) is 5.10 Å². The molecule has 0 radical (unpaired) electrons. The first-order valence-corrected chi connectivity index (χ1v) is 6.86. The van der Waals surface area contributed by atoms with Crippen LogP contribution >= 0.6 is 0 Å². The fourth-order valence-electron chi connectivity index (χ4n) is 2.17. The molecule has 1 aliphatic rings. The van der Waals surface area contributed by atoms with Crippen molar-refractivity contribution in [1.82, 2.24) is 20.4 Å². The highest BCUT2D eigenvalue weighted by Gasteiger charge is 2.13. The van der Waals surface area contributed by atoms with Crippen molar-refractivity contribution in [2.24, 2.45) is 7.05 Å². The highest BCUT2D eigenvalue weighted by molar-refractivity contribution is 5.92. The molecule has 6 nitrogen and oxygen atoms in total. The molecule has 1 aromatic heterocycles. The molecule has 0 atom stereocenters. The second-order valence-corrected chi connectivity index (χ2v) is 4.77. The van der Waals surface area contributed by atoms with Gasteiger partial charge in [0.2, 0.25) is 0 Å². The fraction of sp³-hybridized carbons (Fsp3) is 0.692. The molecule has 2 heterocycles. The predicted octanol–water partition coefficient (Wildman–Crippen LogP) is 0.309. The van der Waals surface area contributed by atoms with Gasteiger partial charge in [-0.05, 0) is 38.4 Å². The van der Waals surface area contributed by atoms with Crippen molar-refractivity contribution in [1.29, 1.82) is 0 Å². The molecule has 0 aliphatic carbocycles. The first kappa shape index (κ1) is 14.0. The van der Waals surface area contributed by atoms with E-state index in [1.54, 1.807) is 24.0 Å². The summed E-state index contributed by atoms with van der Waals surface area (Å²) in [7, 11) is 1.76. The van der Waals surface area contributed by atoms with Gasteiger partial charge in [0, 0.05) is 26.4 Å². The van der Waals surface area contributed by atoms with E-state index in [1.807, 2.05) is 0 Å². The molecule has 1 aromatic rings. The summed E-state index contributed by atoms with van der Waals surface area (Å²) in [5.41, 5.74) is 0.583. The molecule has 0 bridgehead atoms. The highest BCUT2D eigenvalue weighted by atomic mass is 16.5. The number of hydrogen-bond donors (Lipinski definition) is 2. The molecular formula is C13H22N4O2. The van der Waals surface area contributed by atoms with E-state index in [2.05, 4.69) is 15.7 Å². The number of hydrogen-bond acceptors (Lipinski definition) is 4. The molecule has 1 aliphatic heterocycles. The normalized spacial score (nSPS) is 16.5. The van der Waals surface area contributed by atoms with Gasteiger partial charge in [0.1, 0.15) is 5.69 Å². The van der Waals surface area contributed by atoms with E-state index in [4.69, 9.17) is 4.74 Å². The molecule has 106 valence electrons. The molecule has 0 spiro atoms. The van der Waals surface area contributed by atoms with Crippen LogP contribution in [-0.2, 0) is 11.8 Å². The maximum absolute atomic E-state index is 11.8. The zero-order chi connectivity index (χ0) is 13.5. The third kappa shape index (κ3) is 4.33. The van der Waals surface area contributed by atoms with E-state index in [1.165, 1.54) is 0 Å². The Morgan fingerprint density at radius 3 is 3.05 bits per heavy atom. The smallest absolute Gasteiger partial charge is 0.269 e. The molecule has 2 N–H and O–H groups in total. The van der Waals surface area contributed by atoms with Crippen LogP contribution in [0.5, 0.6) is 0 Å². The van der Waals surface area contributed by atoms with Crippen molar-refractivity contribution in [3.05, 3.63) is 18.0 Å². The summed E-state index contributed by atoms with van der Waals surface area (Å²) < 4.78 is 7.34. The van der Waals surface area contributed by atoms with Gasteiger partial charge in [0.05, 0.1) is 6.10 Å². The number of ether oxygens (including phenoxy) is 1. The Morgan fingerprint density at radius 1 is 1.58 bits per heavy atom. The first-order chi connectivity index (χ1) is 9.27. The van der Waals surface area contributed by atoms with Gasteiger partial charge in [0.15, 0.2) is 0 Å². The average molecular weight is 266 g/mol. The van der Waals surface area contributed by atoms with Crippen molar-refractivity contribution in [3.63, 3.8) is 0 Å². The number of nitrogens with zero attached hydrogens (tertiary/aromatic N) is 2. The fourth-order valence-corrected chi connectivity index (χ4v) is 2.17. The quantitative estimate of drug-likeness (QED) is 0.727. The number of amides is 1. The van der Waals surface area contributed by atoms with Crippen LogP contribution in [0.25, 0.3) is 0 Å². The van der Waals surface area contributed by atoms with Crippen LogP contribution in [-0.4, -0.2) is 48.0 Å². The van der Waals surface area contributed by atoms with E-state index in [0.29, 0.717) is 24.9 Å². The van der Waals surface area contributed by atoms with Gasteiger partial charge >= 0.3 is 0 Å². The highest BCUT2D eigenvalue weighted by Crippen LogP contribution is 2.07. The molecule has 2 rings (SSSR count). The van der Waals surface area contributed by atoms with E-state index in [-0.39, 0.29) is 5.91 Å². The minimum absolute atomic E-state index is 0.0816. The molecule has 1 amide bonds. The van der Waals surface area contributed by atoms with Crippen LogP contribution in [0.15, 0.2) is 12.3 Å². The minimum atomic E-state index is -0.0816. The van der Waals surface area contributed by atoms with Crippen LogP contribution in [0, 0.1) is 0 Å². The minimum Gasteiger partial charge on any atom is -0.378 e. The predicted molar refractivity (Wildman–Crippen MR) is 72.0 cm³/mol. The van der Waals surface area contributed by atoms with E-state index in [9.17, 15) is 4.79 Å². The zero-order valence-electron chi connectivity index (χ0n) is 11.4. The van der Waals surface area contributed by atoms with Gasteiger partial charge in [-0.25, -0.2) is 0 Å². The Bertz CT molecular complexity index is 399. The van der Waals surface area contributed by atoms with Crippen molar-refractivity contribution in [3.8, 4) is 0 Å². The van der Waals surface area contributed by atoms with E-state index >= 15 is 0 Å². The largest absolute Gasteiger partial charge is 0.378 e. The lowest BCUT2D eigenvalue weighted by Crippen LogP contribution is -2.33. The summed E-state index contributed by atoms with van der Waals surface area (Å²) in [6.07, 6.45) is 5.01. The van der Waals surface area contributed by atoms with Crippen LogP contribution in [0.1, 0.15) is 29.8 Å². The average Bonchev–Trinajstić information content (AvgIpc) is 2.86. The van der Waals surface area contributed by atoms with Gasteiger partial charge in [-0.15, -0.1) is 0 Å². The van der Waals surface area contributed by atoms with Gasteiger partial charge in [0.25, 0.3) is 5.91 Å². The van der Waals surface area contributed by atoms with Crippen molar-refractivity contribution in [2.75, 3.05) is 26.2 Å². The van der Waals surface area contributed by atoms with Crippen molar-refractivity contribution < 1.29 is 9.53 Å². The topological polar surface area (TPSA) is 68.2 Å². The molecule has 19 heavy (non-hydrogen) atoms. The standard InChI is InChI=1S/C13H22N4O2/c1-17-12(5-9-16-17)13(18)15-6-2-10-19-11-3-7-14-8-4-11/h5,9,11,14H,2-4,6-8,10H2,1H3,(H,15,18). The second kappa shape index (κ2) is 7.25. The van der Waals surface area contributed by atoms with Gasteiger partial charge in [-0.3, -0.25) is 9.48 Å². The molecule has 0 unspecified atom stereocenters. The number of carbonyl (C=O) groups excluding carboxylic acids is 1. The summed E-state index contributed by atoms with van der Waals surface area (Å²) in [6.45, 7) is 3.43. The zero-order valence-corrected chi connectivity index (χ0v) is 11.4. The molecular weight excluding hydrogens is 244 g/mol. The molecule has 1 fully saturated rings. The number of nitrogens with one attached hydrogen (secondary N) is 2. The van der Waals surface area contributed by atoms with Crippen LogP contribution in [0.3, 0.4) is 0 Å². The third-order valence-electron chi connectivity index (χ3n) is 3.30. The SMILES string of the molecule is Cn1nccc1C(=O)NCCCOC1CCNCC1.